The summed E-state index contributed by atoms with van der Waals surface area (Å²) in [7, 11) is 0. The highest BCUT2D eigenvalue weighted by Crippen LogP contribution is 2.21. The van der Waals surface area contributed by atoms with Crippen molar-refractivity contribution < 1.29 is 4.79 Å². The lowest BCUT2D eigenvalue weighted by Gasteiger charge is -2.21. The topological polar surface area (TPSA) is 44.4 Å². The molecular formula is C20H25Cl2N3O. The Labute approximate surface area is 165 Å². The van der Waals surface area contributed by atoms with E-state index in [0.717, 1.165) is 36.4 Å². The number of amides is 1. The van der Waals surface area contributed by atoms with Crippen LogP contribution >= 0.6 is 23.2 Å². The average molecular weight is 394 g/mol. The van der Waals surface area contributed by atoms with E-state index in [-0.39, 0.29) is 12.5 Å². The van der Waals surface area contributed by atoms with Gasteiger partial charge in [-0.3, -0.25) is 4.79 Å². The minimum Gasteiger partial charge on any atom is -0.372 e. The molecule has 0 aliphatic carbocycles. The quantitative estimate of drug-likeness (QED) is 0.611. The van der Waals surface area contributed by atoms with E-state index in [1.54, 1.807) is 6.07 Å². The Bertz CT molecular complexity index is 715. The van der Waals surface area contributed by atoms with Crippen LogP contribution in [0.15, 0.2) is 42.5 Å². The van der Waals surface area contributed by atoms with Crippen molar-refractivity contribution in [3.05, 3.63) is 58.1 Å². The summed E-state index contributed by atoms with van der Waals surface area (Å²) in [5, 5.41) is 7.30. The van der Waals surface area contributed by atoms with Crippen molar-refractivity contribution in [3.63, 3.8) is 0 Å². The monoisotopic (exact) mass is 393 g/mol. The fourth-order valence-corrected chi connectivity index (χ4v) is 3.20. The van der Waals surface area contributed by atoms with Gasteiger partial charge in [-0.2, -0.15) is 0 Å². The fourth-order valence-electron chi connectivity index (χ4n) is 2.70. The molecule has 0 aliphatic heterocycles. The maximum absolute atomic E-state index is 12.0. The highest BCUT2D eigenvalue weighted by Gasteiger charge is 2.05. The van der Waals surface area contributed by atoms with Gasteiger partial charge in [-0.1, -0.05) is 29.3 Å². The van der Waals surface area contributed by atoms with Crippen LogP contribution in [0.3, 0.4) is 0 Å². The summed E-state index contributed by atoms with van der Waals surface area (Å²) in [6.45, 7) is 7.09. The molecular weight excluding hydrogens is 369 g/mol. The van der Waals surface area contributed by atoms with Crippen LogP contribution in [0.1, 0.15) is 19.4 Å². The summed E-state index contributed by atoms with van der Waals surface area (Å²) in [5.41, 5.74) is 2.97. The number of nitrogens with zero attached hydrogens (tertiary/aromatic N) is 1. The van der Waals surface area contributed by atoms with Crippen molar-refractivity contribution in [2.24, 2.45) is 0 Å². The van der Waals surface area contributed by atoms with E-state index in [4.69, 9.17) is 23.2 Å². The van der Waals surface area contributed by atoms with Crippen LogP contribution < -0.4 is 15.5 Å². The number of rotatable bonds is 9. The molecule has 0 spiro atoms. The Hall–Kier alpha value is -1.75. The number of anilines is 2. The molecule has 2 N–H and O–H groups in total. The van der Waals surface area contributed by atoms with E-state index >= 15 is 0 Å². The first kappa shape index (κ1) is 20.6. The highest BCUT2D eigenvalue weighted by atomic mass is 35.5. The molecule has 0 saturated carbocycles. The number of carbonyl (C=O) groups is 1. The van der Waals surface area contributed by atoms with E-state index < -0.39 is 0 Å². The summed E-state index contributed by atoms with van der Waals surface area (Å²) in [4.78, 5) is 14.3. The second-order valence-corrected chi connectivity index (χ2v) is 6.77. The van der Waals surface area contributed by atoms with Gasteiger partial charge in [-0.05, 0) is 68.8 Å². The molecule has 2 aromatic carbocycles. The van der Waals surface area contributed by atoms with Crippen molar-refractivity contribution in [1.82, 2.24) is 5.32 Å². The Morgan fingerprint density at radius 2 is 1.73 bits per heavy atom. The van der Waals surface area contributed by atoms with Gasteiger partial charge in [0, 0.05) is 34.5 Å². The van der Waals surface area contributed by atoms with Crippen LogP contribution in [0.2, 0.25) is 10.0 Å². The number of hydrogen-bond donors (Lipinski definition) is 2. The third-order valence-electron chi connectivity index (χ3n) is 4.15. The van der Waals surface area contributed by atoms with Gasteiger partial charge in [0.25, 0.3) is 0 Å². The van der Waals surface area contributed by atoms with Gasteiger partial charge >= 0.3 is 0 Å². The lowest BCUT2D eigenvalue weighted by molar-refractivity contribution is -0.115. The van der Waals surface area contributed by atoms with Crippen molar-refractivity contribution in [2.75, 3.05) is 36.4 Å². The van der Waals surface area contributed by atoms with E-state index in [1.807, 2.05) is 36.4 Å². The molecule has 0 aromatic heterocycles. The molecule has 2 rings (SSSR count). The van der Waals surface area contributed by atoms with Crippen LogP contribution in [0, 0.1) is 0 Å². The lowest BCUT2D eigenvalue weighted by Crippen LogP contribution is -2.29. The molecule has 0 atom stereocenters. The minimum atomic E-state index is -0.0669. The molecule has 2 aromatic rings. The van der Waals surface area contributed by atoms with Gasteiger partial charge in [-0.15, -0.1) is 0 Å². The summed E-state index contributed by atoms with van der Waals surface area (Å²) in [6, 6.07) is 13.4. The summed E-state index contributed by atoms with van der Waals surface area (Å²) < 4.78 is 0. The number of hydrogen-bond acceptors (Lipinski definition) is 3. The van der Waals surface area contributed by atoms with Gasteiger partial charge in [-0.25, -0.2) is 0 Å². The maximum Gasteiger partial charge on any atom is 0.238 e. The van der Waals surface area contributed by atoms with Crippen LogP contribution in [-0.2, 0) is 11.2 Å². The standard InChI is InChI=1S/C20H25Cl2N3O/c1-3-25(4-2)18-9-7-17(8-10-18)24-20(26)14-23-12-11-15-5-6-16(21)13-19(15)22/h5-10,13,23H,3-4,11-12,14H2,1-2H3,(H,24,26). The molecule has 4 nitrogen and oxygen atoms in total. The van der Waals surface area contributed by atoms with Crippen LogP contribution in [0.25, 0.3) is 0 Å². The Morgan fingerprint density at radius 1 is 1.04 bits per heavy atom. The molecule has 0 radical (unpaired) electrons. The number of carbonyl (C=O) groups excluding carboxylic acids is 1. The highest BCUT2D eigenvalue weighted by molar-refractivity contribution is 6.35. The first-order valence-electron chi connectivity index (χ1n) is 8.83. The summed E-state index contributed by atoms with van der Waals surface area (Å²) in [5.74, 6) is -0.0669. The molecule has 0 fully saturated rings. The number of benzene rings is 2. The van der Waals surface area contributed by atoms with Gasteiger partial charge in [0.1, 0.15) is 0 Å². The van der Waals surface area contributed by atoms with Crippen LogP contribution in [0.4, 0.5) is 11.4 Å². The third-order valence-corrected chi connectivity index (χ3v) is 4.74. The zero-order chi connectivity index (χ0) is 18.9. The number of halogens is 2. The molecule has 0 saturated heterocycles. The Kier molecular flexibility index (Phi) is 8.23. The average Bonchev–Trinajstić information content (AvgIpc) is 2.62. The Morgan fingerprint density at radius 3 is 2.35 bits per heavy atom. The molecule has 0 heterocycles. The van der Waals surface area contributed by atoms with E-state index in [9.17, 15) is 4.79 Å². The predicted octanol–water partition coefficient (Wildman–Crippen LogP) is 4.61. The zero-order valence-corrected chi connectivity index (χ0v) is 16.7. The molecule has 0 bridgehead atoms. The van der Waals surface area contributed by atoms with Crippen LogP contribution in [0.5, 0.6) is 0 Å². The lowest BCUT2D eigenvalue weighted by atomic mass is 10.1. The Balaban J connectivity index is 1.74. The smallest absolute Gasteiger partial charge is 0.238 e. The molecule has 6 heteroatoms. The van der Waals surface area contributed by atoms with E-state index in [1.165, 1.54) is 0 Å². The van der Waals surface area contributed by atoms with Crippen molar-refractivity contribution in [2.45, 2.75) is 20.3 Å². The minimum absolute atomic E-state index is 0.0669. The molecule has 0 unspecified atom stereocenters. The second kappa shape index (κ2) is 10.4. The molecule has 26 heavy (non-hydrogen) atoms. The van der Waals surface area contributed by atoms with Crippen molar-refractivity contribution in [1.29, 1.82) is 0 Å². The van der Waals surface area contributed by atoms with E-state index in [0.29, 0.717) is 16.6 Å². The van der Waals surface area contributed by atoms with Gasteiger partial charge in [0.15, 0.2) is 0 Å². The normalized spacial score (nSPS) is 10.6. The summed E-state index contributed by atoms with van der Waals surface area (Å²) >= 11 is 12.0. The molecule has 0 aliphatic rings. The first-order valence-corrected chi connectivity index (χ1v) is 9.58. The summed E-state index contributed by atoms with van der Waals surface area (Å²) in [6.07, 6.45) is 0.738. The third kappa shape index (κ3) is 6.20. The predicted molar refractivity (Wildman–Crippen MR) is 112 cm³/mol. The van der Waals surface area contributed by atoms with Crippen molar-refractivity contribution >= 4 is 40.5 Å². The second-order valence-electron chi connectivity index (χ2n) is 5.93. The first-order chi connectivity index (χ1) is 12.5. The maximum atomic E-state index is 12.0. The fraction of sp³-hybridized carbons (Fsp3) is 0.350. The molecule has 140 valence electrons. The van der Waals surface area contributed by atoms with Gasteiger partial charge < -0.3 is 15.5 Å². The van der Waals surface area contributed by atoms with E-state index in [2.05, 4.69) is 29.4 Å². The largest absolute Gasteiger partial charge is 0.372 e. The zero-order valence-electron chi connectivity index (χ0n) is 15.2. The van der Waals surface area contributed by atoms with Crippen molar-refractivity contribution in [3.8, 4) is 0 Å². The molecule has 1 amide bonds. The SMILES string of the molecule is CCN(CC)c1ccc(NC(=O)CNCCc2ccc(Cl)cc2Cl)cc1. The number of nitrogens with one attached hydrogen (secondary N) is 2. The van der Waals surface area contributed by atoms with Gasteiger partial charge in [0.2, 0.25) is 5.91 Å². The van der Waals surface area contributed by atoms with Gasteiger partial charge in [0.05, 0.1) is 6.54 Å². The van der Waals surface area contributed by atoms with Crippen LogP contribution in [-0.4, -0.2) is 32.1 Å².